The van der Waals surface area contributed by atoms with Gasteiger partial charge in [-0.3, -0.25) is 4.90 Å². The Balaban J connectivity index is 1.66. The van der Waals surface area contributed by atoms with E-state index in [-0.39, 0.29) is 24.9 Å². The fraction of sp³-hybridized carbons (Fsp3) is 0.480. The van der Waals surface area contributed by atoms with Gasteiger partial charge in [0, 0.05) is 28.1 Å². The van der Waals surface area contributed by atoms with E-state index in [1.165, 1.54) is 5.56 Å². The van der Waals surface area contributed by atoms with E-state index in [4.69, 9.17) is 9.47 Å². The summed E-state index contributed by atoms with van der Waals surface area (Å²) >= 11 is 3.50. The Morgan fingerprint density at radius 3 is 2.76 bits per heavy atom. The number of fused-ring (bicyclic) bond motifs is 3. The number of methoxy groups -OCH3 is 1. The summed E-state index contributed by atoms with van der Waals surface area (Å²) in [5.74, 6) is 0.681. The minimum atomic E-state index is -2.42. The molecule has 3 atom stereocenters. The molecule has 2 aliphatic rings. The van der Waals surface area contributed by atoms with Crippen molar-refractivity contribution in [2.45, 2.75) is 57.3 Å². The highest BCUT2D eigenvalue weighted by Gasteiger charge is 2.37. The lowest BCUT2D eigenvalue weighted by atomic mass is 9.83. The molecule has 0 N–H and O–H groups in total. The Hall–Kier alpha value is -2.03. The van der Waals surface area contributed by atoms with Gasteiger partial charge < -0.3 is 9.47 Å². The molecule has 2 unspecified atom stereocenters. The van der Waals surface area contributed by atoms with Gasteiger partial charge in [-0.05, 0) is 61.9 Å². The van der Waals surface area contributed by atoms with Gasteiger partial charge in [0.2, 0.25) is 0 Å². The van der Waals surface area contributed by atoms with Gasteiger partial charge in [0.15, 0.2) is 6.23 Å². The van der Waals surface area contributed by atoms with Crippen LogP contribution in [0, 0.1) is 0 Å². The number of ether oxygens (including phenoxy) is 2. The number of halogens is 3. The Kier molecular flexibility index (Phi) is 6.42. The fourth-order valence-corrected chi connectivity index (χ4v) is 5.71. The van der Waals surface area contributed by atoms with Crippen LogP contribution in [0.15, 0.2) is 41.0 Å². The van der Waals surface area contributed by atoms with Crippen LogP contribution in [0.3, 0.4) is 0 Å². The van der Waals surface area contributed by atoms with E-state index in [2.05, 4.69) is 33.2 Å². The molecule has 5 rings (SSSR count). The summed E-state index contributed by atoms with van der Waals surface area (Å²) in [5.41, 5.74) is 4.13. The van der Waals surface area contributed by atoms with Crippen LogP contribution in [0.5, 0.6) is 5.75 Å². The van der Waals surface area contributed by atoms with Crippen molar-refractivity contribution in [2.24, 2.45) is 0 Å². The quantitative estimate of drug-likeness (QED) is 0.407. The highest BCUT2D eigenvalue weighted by atomic mass is 79.9. The highest BCUT2D eigenvalue weighted by molar-refractivity contribution is 9.10. The van der Waals surface area contributed by atoms with Crippen LogP contribution in [0.4, 0.5) is 8.78 Å². The second-order valence-electron chi connectivity index (χ2n) is 8.91. The normalized spacial score (nSPS) is 23.8. The van der Waals surface area contributed by atoms with E-state index in [9.17, 15) is 8.78 Å². The summed E-state index contributed by atoms with van der Waals surface area (Å²) in [6, 6.07) is 9.55. The number of nitrogens with zero attached hydrogens (tertiary/aromatic N) is 3. The van der Waals surface area contributed by atoms with E-state index in [1.807, 2.05) is 40.9 Å². The first-order valence-electron chi connectivity index (χ1n) is 11.5. The average molecular weight is 520 g/mol. The molecule has 0 aliphatic carbocycles. The molecule has 176 valence electrons. The Labute approximate surface area is 200 Å². The van der Waals surface area contributed by atoms with Crippen LogP contribution in [0.2, 0.25) is 0 Å². The molecule has 0 radical (unpaired) electrons. The van der Waals surface area contributed by atoms with Gasteiger partial charge in [0.05, 0.1) is 31.4 Å². The summed E-state index contributed by atoms with van der Waals surface area (Å²) in [4.78, 5) is 1.90. The Morgan fingerprint density at radius 2 is 2.03 bits per heavy atom. The van der Waals surface area contributed by atoms with Crippen molar-refractivity contribution in [2.75, 3.05) is 20.3 Å². The second kappa shape index (κ2) is 9.31. The van der Waals surface area contributed by atoms with Gasteiger partial charge in [-0.1, -0.05) is 28.1 Å². The van der Waals surface area contributed by atoms with Crippen molar-refractivity contribution in [1.82, 2.24) is 14.7 Å². The van der Waals surface area contributed by atoms with Crippen LogP contribution >= 0.6 is 15.9 Å². The van der Waals surface area contributed by atoms with Gasteiger partial charge in [0.1, 0.15) is 5.75 Å². The van der Waals surface area contributed by atoms with Crippen LogP contribution < -0.4 is 4.74 Å². The largest absolute Gasteiger partial charge is 0.496 e. The molecule has 5 nitrogen and oxygen atoms in total. The third-order valence-electron chi connectivity index (χ3n) is 6.89. The maximum atomic E-state index is 13.7. The highest BCUT2D eigenvalue weighted by Crippen LogP contribution is 2.44. The lowest BCUT2D eigenvalue weighted by Gasteiger charge is -2.42. The van der Waals surface area contributed by atoms with Crippen molar-refractivity contribution < 1.29 is 18.3 Å². The van der Waals surface area contributed by atoms with Crippen molar-refractivity contribution in [3.8, 4) is 5.75 Å². The van der Waals surface area contributed by atoms with Gasteiger partial charge in [-0.25, -0.2) is 13.5 Å². The van der Waals surface area contributed by atoms with Gasteiger partial charge in [-0.2, -0.15) is 5.10 Å². The molecule has 3 heterocycles. The van der Waals surface area contributed by atoms with E-state index in [1.54, 1.807) is 7.11 Å². The van der Waals surface area contributed by atoms with Gasteiger partial charge in [0.25, 0.3) is 6.43 Å². The summed E-state index contributed by atoms with van der Waals surface area (Å²) in [6.07, 6.45) is 3.29. The zero-order valence-electron chi connectivity index (χ0n) is 18.8. The molecular formula is C25H28BrF2N3O2. The number of hydrogen-bond donors (Lipinski definition) is 0. The number of alkyl halides is 2. The molecule has 2 aromatic carbocycles. The molecule has 8 heteroatoms. The van der Waals surface area contributed by atoms with Crippen LogP contribution in [0.25, 0.3) is 10.9 Å². The molecule has 0 saturated carbocycles. The predicted molar refractivity (Wildman–Crippen MR) is 127 cm³/mol. The predicted octanol–water partition coefficient (Wildman–Crippen LogP) is 6.11. The number of rotatable bonds is 5. The second-order valence-corrected chi connectivity index (χ2v) is 9.82. The van der Waals surface area contributed by atoms with E-state index >= 15 is 0 Å². The minimum absolute atomic E-state index is 0.0481. The molecular weight excluding hydrogens is 492 g/mol. The molecule has 1 aromatic heterocycles. The van der Waals surface area contributed by atoms with E-state index in [0.717, 1.165) is 52.4 Å². The van der Waals surface area contributed by atoms with Crippen LogP contribution in [-0.2, 0) is 11.2 Å². The first kappa shape index (κ1) is 22.7. The van der Waals surface area contributed by atoms with Crippen molar-refractivity contribution >= 4 is 26.8 Å². The molecule has 33 heavy (non-hydrogen) atoms. The number of hydrogen-bond acceptors (Lipinski definition) is 4. The minimum Gasteiger partial charge on any atom is -0.496 e. The van der Waals surface area contributed by atoms with Crippen LogP contribution in [0.1, 0.15) is 55.1 Å². The third kappa shape index (κ3) is 4.17. The molecule has 0 spiro atoms. The average Bonchev–Trinajstić information content (AvgIpc) is 3.25. The maximum Gasteiger partial charge on any atom is 0.251 e. The molecule has 2 aliphatic heterocycles. The first-order chi connectivity index (χ1) is 16.0. The summed E-state index contributed by atoms with van der Waals surface area (Å²) in [7, 11) is 1.62. The SMILES string of the molecule is COc1cc(Br)ccc1C1c2ccc3c(cnn3C3CCCCO3)c2C[C@@H](C)N1CC(F)F. The smallest absolute Gasteiger partial charge is 0.251 e. The van der Waals surface area contributed by atoms with E-state index < -0.39 is 6.43 Å². The van der Waals surface area contributed by atoms with Gasteiger partial charge in [-0.15, -0.1) is 0 Å². The topological polar surface area (TPSA) is 39.5 Å². The summed E-state index contributed by atoms with van der Waals surface area (Å²) < 4.78 is 41.8. The molecule has 1 fully saturated rings. The fourth-order valence-electron chi connectivity index (χ4n) is 5.37. The van der Waals surface area contributed by atoms with Gasteiger partial charge >= 0.3 is 0 Å². The Morgan fingerprint density at radius 1 is 1.21 bits per heavy atom. The molecule has 3 aromatic rings. The maximum absolute atomic E-state index is 13.7. The van der Waals surface area contributed by atoms with Crippen molar-refractivity contribution in [1.29, 1.82) is 0 Å². The van der Waals surface area contributed by atoms with E-state index in [0.29, 0.717) is 12.2 Å². The zero-order valence-corrected chi connectivity index (χ0v) is 20.4. The lowest BCUT2D eigenvalue weighted by molar-refractivity contribution is -0.0366. The number of aromatic nitrogens is 2. The number of benzene rings is 2. The van der Waals surface area contributed by atoms with Crippen molar-refractivity contribution in [3.05, 3.63) is 57.7 Å². The zero-order chi connectivity index (χ0) is 23.1. The Bertz CT molecular complexity index is 1150. The monoisotopic (exact) mass is 519 g/mol. The molecule has 1 saturated heterocycles. The van der Waals surface area contributed by atoms with Crippen molar-refractivity contribution in [3.63, 3.8) is 0 Å². The third-order valence-corrected chi connectivity index (χ3v) is 7.38. The molecule has 0 bridgehead atoms. The lowest BCUT2D eigenvalue weighted by Crippen LogP contribution is -2.45. The first-order valence-corrected chi connectivity index (χ1v) is 12.2. The molecule has 0 amide bonds. The standard InChI is InChI=1S/C25H28BrF2N3O2/c1-15-11-19-17(8-9-21-20(19)13-29-31(21)24-5-3-4-10-33-24)25(30(15)14-23(27)28)18-7-6-16(26)12-22(18)32-2/h6-9,12-13,15,23-25H,3-5,10-11,14H2,1-2H3/t15-,24?,25?/m1/s1. The summed E-state index contributed by atoms with van der Waals surface area (Å²) in [6.45, 7) is 2.48. The van der Waals surface area contributed by atoms with Crippen LogP contribution in [-0.4, -0.2) is 47.4 Å². The summed E-state index contributed by atoms with van der Waals surface area (Å²) in [5, 5.41) is 5.77.